The molecule has 0 spiro atoms. The van der Waals surface area contributed by atoms with E-state index in [0.29, 0.717) is 19.4 Å². The van der Waals surface area contributed by atoms with Crippen molar-refractivity contribution in [2.24, 2.45) is 10.7 Å². The van der Waals surface area contributed by atoms with Crippen molar-refractivity contribution in [1.29, 1.82) is 0 Å². The van der Waals surface area contributed by atoms with Crippen molar-refractivity contribution >= 4 is 29.1 Å². The molecule has 1 saturated heterocycles. The number of piperazine rings is 1. The lowest BCUT2D eigenvalue weighted by Gasteiger charge is -2.40. The van der Waals surface area contributed by atoms with Gasteiger partial charge in [-0.1, -0.05) is 66.4 Å². The molecular weight excluding hydrogens is 496 g/mol. The number of hydrogen-bond donors (Lipinski definition) is 3. The Kier molecular flexibility index (Phi) is 8.56. The van der Waals surface area contributed by atoms with Crippen LogP contribution in [0.25, 0.3) is 0 Å². The van der Waals surface area contributed by atoms with Crippen LogP contribution in [-0.4, -0.2) is 66.2 Å². The Balaban J connectivity index is 1.33. The summed E-state index contributed by atoms with van der Waals surface area (Å²) in [6, 6.07) is 23.8. The molecule has 0 radical (unpaired) electrons. The van der Waals surface area contributed by atoms with Crippen LogP contribution >= 0.6 is 11.8 Å². The number of hydrogen-bond acceptors (Lipinski definition) is 7. The molecule has 0 aromatic heterocycles. The van der Waals surface area contributed by atoms with Gasteiger partial charge in [0.15, 0.2) is 0 Å². The van der Waals surface area contributed by atoms with Crippen LogP contribution in [0.5, 0.6) is 0 Å². The predicted octanol–water partition coefficient (Wildman–Crippen LogP) is 4.11. The van der Waals surface area contributed by atoms with Crippen molar-refractivity contribution in [3.8, 4) is 0 Å². The summed E-state index contributed by atoms with van der Waals surface area (Å²) >= 11 is 1.77. The molecule has 3 aromatic rings. The highest BCUT2D eigenvalue weighted by Gasteiger charge is 2.33. The lowest BCUT2D eigenvalue weighted by Crippen LogP contribution is -2.58. The van der Waals surface area contributed by atoms with Gasteiger partial charge in [-0.25, -0.2) is 4.99 Å². The Morgan fingerprint density at radius 3 is 2.63 bits per heavy atom. The van der Waals surface area contributed by atoms with E-state index in [2.05, 4.69) is 59.6 Å². The van der Waals surface area contributed by atoms with Gasteiger partial charge in [0.1, 0.15) is 12.3 Å². The second-order valence-electron chi connectivity index (χ2n) is 9.66. The maximum atomic E-state index is 11.2. The molecule has 7 nitrogen and oxygen atoms in total. The summed E-state index contributed by atoms with van der Waals surface area (Å²) in [5.74, 6) is -0.988. The summed E-state index contributed by atoms with van der Waals surface area (Å²) in [6.07, 6.45) is 0.883. The molecule has 0 saturated carbocycles. The van der Waals surface area contributed by atoms with E-state index in [1.807, 2.05) is 30.3 Å². The number of carbonyl (C=O) groups is 1. The average molecular weight is 531 g/mol. The minimum atomic E-state index is -0.988. The van der Waals surface area contributed by atoms with Crippen LogP contribution in [0.4, 0.5) is 5.69 Å². The number of aliphatic imine (C=N–C) groups is 1. The summed E-state index contributed by atoms with van der Waals surface area (Å²) < 4.78 is 6.39. The quantitative estimate of drug-likeness (QED) is 0.383. The van der Waals surface area contributed by atoms with E-state index >= 15 is 0 Å². The van der Waals surface area contributed by atoms with E-state index in [1.165, 1.54) is 10.5 Å². The molecule has 3 atom stereocenters. The summed E-state index contributed by atoms with van der Waals surface area (Å²) in [5.41, 5.74) is 11.1. The average Bonchev–Trinajstić information content (AvgIpc) is 3.10. The van der Waals surface area contributed by atoms with Crippen molar-refractivity contribution in [3.63, 3.8) is 0 Å². The predicted molar refractivity (Wildman–Crippen MR) is 151 cm³/mol. The summed E-state index contributed by atoms with van der Waals surface area (Å²) in [4.78, 5) is 21.2. The monoisotopic (exact) mass is 530 g/mol. The molecule has 2 aliphatic rings. The number of nitrogens with one attached hydrogen (secondary N) is 1. The first-order chi connectivity index (χ1) is 18.5. The van der Waals surface area contributed by atoms with Gasteiger partial charge in [0, 0.05) is 35.0 Å². The molecule has 2 aliphatic heterocycles. The largest absolute Gasteiger partial charge is 0.480 e. The molecule has 38 heavy (non-hydrogen) atoms. The number of aliphatic carboxylic acids is 1. The zero-order valence-electron chi connectivity index (χ0n) is 21.5. The zero-order valence-corrected chi connectivity index (χ0v) is 22.4. The molecule has 2 heterocycles. The molecule has 3 unspecified atom stereocenters. The fourth-order valence-electron chi connectivity index (χ4n) is 5.13. The molecule has 0 aliphatic carbocycles. The van der Waals surface area contributed by atoms with Gasteiger partial charge < -0.3 is 20.9 Å². The van der Waals surface area contributed by atoms with Gasteiger partial charge in [0.05, 0.1) is 24.0 Å². The fraction of sp³-hybridized carbons (Fsp3) is 0.333. The van der Waals surface area contributed by atoms with Crippen molar-refractivity contribution in [1.82, 2.24) is 10.2 Å². The van der Waals surface area contributed by atoms with Gasteiger partial charge in [0.2, 0.25) is 0 Å². The number of nitrogens with zero attached hydrogens (tertiary/aromatic N) is 2. The highest BCUT2D eigenvalue weighted by atomic mass is 32.2. The smallest absolute Gasteiger partial charge is 0.320 e. The van der Waals surface area contributed by atoms with Crippen LogP contribution < -0.4 is 11.1 Å². The van der Waals surface area contributed by atoms with E-state index in [-0.39, 0.29) is 12.3 Å². The number of nitrogens with two attached hydrogens (primary N) is 1. The van der Waals surface area contributed by atoms with Gasteiger partial charge >= 0.3 is 5.97 Å². The number of fused-ring (bicyclic) bond motifs is 2. The minimum absolute atomic E-state index is 0.0625. The number of benzene rings is 3. The van der Waals surface area contributed by atoms with E-state index in [1.54, 1.807) is 11.8 Å². The Bertz CT molecular complexity index is 1310. The highest BCUT2D eigenvalue weighted by Crippen LogP contribution is 2.41. The number of para-hydroxylation sites is 1. The standard InChI is InChI=1S/C30H34N4O3S/c1-20(37-17-14-21-8-2-3-9-22(21)18-24(31)30(35)36)34-16-15-32-19-26(34)29-23-10-4-6-12-27(23)38-28-13-7-5-11-25(28)33-29/h2-13,20,24,26,32H,14-19,31H2,1H3,(H,35,36). The van der Waals surface area contributed by atoms with E-state index in [9.17, 15) is 9.90 Å². The lowest BCUT2D eigenvalue weighted by atomic mass is 9.98. The van der Waals surface area contributed by atoms with E-state index in [4.69, 9.17) is 15.5 Å². The number of rotatable bonds is 9. The first-order valence-corrected chi connectivity index (χ1v) is 13.9. The first-order valence-electron chi connectivity index (χ1n) is 13.1. The molecule has 1 fully saturated rings. The molecule has 0 amide bonds. The van der Waals surface area contributed by atoms with Crippen molar-refractivity contribution in [2.45, 2.75) is 47.9 Å². The van der Waals surface area contributed by atoms with E-state index in [0.717, 1.165) is 47.1 Å². The van der Waals surface area contributed by atoms with Crippen LogP contribution in [0.1, 0.15) is 23.6 Å². The second-order valence-corrected chi connectivity index (χ2v) is 10.7. The maximum absolute atomic E-state index is 11.2. The molecule has 4 N–H and O–H groups in total. The Labute approximate surface area is 228 Å². The fourth-order valence-corrected chi connectivity index (χ4v) is 6.17. The summed E-state index contributed by atoms with van der Waals surface area (Å²) in [7, 11) is 0. The summed E-state index contributed by atoms with van der Waals surface area (Å²) in [5, 5.41) is 12.8. The van der Waals surface area contributed by atoms with Crippen LogP contribution in [0.2, 0.25) is 0 Å². The van der Waals surface area contributed by atoms with Gasteiger partial charge in [0.25, 0.3) is 0 Å². The Hall–Kier alpha value is -3.01. The number of ether oxygens (including phenoxy) is 1. The molecule has 198 valence electrons. The number of carboxylic acid groups (broad SMARTS) is 1. The van der Waals surface area contributed by atoms with Crippen molar-refractivity contribution in [2.75, 3.05) is 26.2 Å². The topological polar surface area (TPSA) is 100 Å². The third kappa shape index (κ3) is 6.00. The van der Waals surface area contributed by atoms with Gasteiger partial charge in [-0.05, 0) is 49.1 Å². The Morgan fingerprint density at radius 2 is 1.82 bits per heavy atom. The molecule has 8 heteroatoms. The van der Waals surface area contributed by atoms with Crippen LogP contribution in [0.15, 0.2) is 87.6 Å². The lowest BCUT2D eigenvalue weighted by molar-refractivity contribution is -0.138. The molecule has 0 bridgehead atoms. The highest BCUT2D eigenvalue weighted by molar-refractivity contribution is 7.99. The Morgan fingerprint density at radius 1 is 1.11 bits per heavy atom. The van der Waals surface area contributed by atoms with E-state index < -0.39 is 12.0 Å². The third-order valence-electron chi connectivity index (χ3n) is 7.16. The normalized spacial score (nSPS) is 19.0. The van der Waals surface area contributed by atoms with Crippen LogP contribution in [0, 0.1) is 0 Å². The maximum Gasteiger partial charge on any atom is 0.320 e. The van der Waals surface area contributed by atoms with Gasteiger partial charge in [-0.3, -0.25) is 9.69 Å². The number of carboxylic acids is 1. The van der Waals surface area contributed by atoms with Crippen LogP contribution in [0.3, 0.4) is 0 Å². The minimum Gasteiger partial charge on any atom is -0.480 e. The second kappa shape index (κ2) is 12.2. The van der Waals surface area contributed by atoms with Crippen LogP contribution in [-0.2, 0) is 22.4 Å². The summed E-state index contributed by atoms with van der Waals surface area (Å²) in [6.45, 7) is 5.17. The first kappa shape index (κ1) is 26.6. The zero-order chi connectivity index (χ0) is 26.5. The van der Waals surface area contributed by atoms with Gasteiger partial charge in [-0.2, -0.15) is 0 Å². The third-order valence-corrected chi connectivity index (χ3v) is 8.30. The SMILES string of the molecule is CC(OCCc1ccccc1CC(N)C(=O)O)N1CCNCC1C1=Nc2ccccc2Sc2ccccc21. The molecule has 3 aromatic carbocycles. The molecular formula is C30H34N4O3S. The van der Waals surface area contributed by atoms with Crippen molar-refractivity contribution in [3.05, 3.63) is 89.5 Å². The van der Waals surface area contributed by atoms with Crippen molar-refractivity contribution < 1.29 is 14.6 Å². The van der Waals surface area contributed by atoms with Gasteiger partial charge in [-0.15, -0.1) is 0 Å². The molecule has 5 rings (SSSR count).